The van der Waals surface area contributed by atoms with Crippen LogP contribution >= 0.6 is 0 Å². The molecular weight excluding hydrogens is 512 g/mol. The molecule has 0 aliphatic carbocycles. The highest BCUT2D eigenvalue weighted by Crippen LogP contribution is 2.46. The van der Waals surface area contributed by atoms with Crippen LogP contribution in [-0.2, 0) is 11.2 Å². The van der Waals surface area contributed by atoms with Crippen LogP contribution in [0.4, 0.5) is 23.4 Å². The number of rotatable bonds is 6. The molecular formula is C29H24F4N4O2. The van der Waals surface area contributed by atoms with Crippen molar-refractivity contribution < 1.29 is 27.2 Å². The minimum absolute atomic E-state index is 0.00103. The van der Waals surface area contributed by atoms with Crippen LogP contribution in [0.1, 0.15) is 35.8 Å². The van der Waals surface area contributed by atoms with E-state index >= 15 is 8.78 Å². The van der Waals surface area contributed by atoms with Crippen LogP contribution < -0.4 is 5.32 Å². The maximum absolute atomic E-state index is 15.9. The summed E-state index contributed by atoms with van der Waals surface area (Å²) >= 11 is 0. The summed E-state index contributed by atoms with van der Waals surface area (Å²) < 4.78 is 58.6. The second-order valence-corrected chi connectivity index (χ2v) is 9.33. The predicted octanol–water partition coefficient (Wildman–Crippen LogP) is 6.33. The van der Waals surface area contributed by atoms with E-state index in [0.717, 1.165) is 12.1 Å². The van der Waals surface area contributed by atoms with Crippen LogP contribution in [0, 0.1) is 23.4 Å². The molecule has 39 heavy (non-hydrogen) atoms. The van der Waals surface area contributed by atoms with Gasteiger partial charge in [-0.05, 0) is 41.8 Å². The van der Waals surface area contributed by atoms with Crippen molar-refractivity contribution in [2.75, 3.05) is 18.9 Å². The van der Waals surface area contributed by atoms with Gasteiger partial charge in [-0.1, -0.05) is 31.2 Å². The van der Waals surface area contributed by atoms with Gasteiger partial charge in [-0.3, -0.25) is 9.59 Å². The molecule has 2 aromatic heterocycles. The summed E-state index contributed by atoms with van der Waals surface area (Å²) in [5, 5.41) is 2.56. The molecule has 0 fully saturated rings. The second-order valence-electron chi connectivity index (χ2n) is 9.33. The van der Waals surface area contributed by atoms with Crippen molar-refractivity contribution in [3.05, 3.63) is 83.2 Å². The normalized spacial score (nSPS) is 13.0. The first-order chi connectivity index (χ1) is 18.7. The van der Waals surface area contributed by atoms with Crippen molar-refractivity contribution in [3.63, 3.8) is 0 Å². The van der Waals surface area contributed by atoms with Crippen molar-refractivity contribution in [1.29, 1.82) is 0 Å². The average molecular weight is 537 g/mol. The number of anilines is 1. The van der Waals surface area contributed by atoms with E-state index < -0.39 is 29.3 Å². The van der Waals surface area contributed by atoms with Crippen molar-refractivity contribution >= 4 is 17.6 Å². The number of H-pyrrole nitrogens is 1. The first-order valence-corrected chi connectivity index (χ1v) is 12.4. The number of nitrogens with zero attached hydrogens (tertiary/aromatic N) is 2. The number of halogens is 4. The van der Waals surface area contributed by atoms with Gasteiger partial charge < -0.3 is 15.2 Å². The lowest BCUT2D eigenvalue weighted by molar-refractivity contribution is -0.116. The summed E-state index contributed by atoms with van der Waals surface area (Å²) in [4.78, 5) is 34.2. The standard InChI is InChI=1S/C29H24F4N4O2/c1-3-4-20(38)35-28-22(16-7-11-18(31)12-8-16)24(25(32)27(33)36-28)26-21(15-5-9-17(30)10-6-15)23-19(34-26)13-14-37(2)29(23)39/h5-12,34H,3-4,13-14H2,1-2H3,(H,35,36,38). The third-order valence-electron chi connectivity index (χ3n) is 6.68. The number of hydrogen-bond acceptors (Lipinski definition) is 3. The van der Waals surface area contributed by atoms with E-state index in [4.69, 9.17) is 0 Å². The van der Waals surface area contributed by atoms with E-state index in [1.807, 2.05) is 0 Å². The Hall–Kier alpha value is -4.47. The zero-order chi connectivity index (χ0) is 27.8. The average Bonchev–Trinajstić information content (AvgIpc) is 3.29. The molecule has 10 heteroatoms. The van der Waals surface area contributed by atoms with E-state index in [1.165, 1.54) is 41.3 Å². The lowest BCUT2D eigenvalue weighted by atomic mass is 9.91. The zero-order valence-corrected chi connectivity index (χ0v) is 21.2. The fraction of sp³-hybridized carbons (Fsp3) is 0.207. The van der Waals surface area contributed by atoms with E-state index in [0.29, 0.717) is 30.6 Å². The Morgan fingerprint density at radius 3 is 2.10 bits per heavy atom. The number of aromatic amines is 1. The quantitative estimate of drug-likeness (QED) is 0.223. The van der Waals surface area contributed by atoms with Crippen molar-refractivity contribution in [2.45, 2.75) is 26.2 Å². The number of aromatic nitrogens is 2. The smallest absolute Gasteiger partial charge is 0.256 e. The first kappa shape index (κ1) is 26.1. The van der Waals surface area contributed by atoms with Gasteiger partial charge in [0.05, 0.1) is 16.8 Å². The number of hydrogen-bond donors (Lipinski definition) is 2. The molecule has 2 aromatic carbocycles. The fourth-order valence-electron chi connectivity index (χ4n) is 4.82. The summed E-state index contributed by atoms with van der Waals surface area (Å²) in [7, 11) is 1.63. The van der Waals surface area contributed by atoms with Gasteiger partial charge in [0, 0.05) is 43.3 Å². The van der Waals surface area contributed by atoms with Crippen LogP contribution in [0.5, 0.6) is 0 Å². The fourth-order valence-corrected chi connectivity index (χ4v) is 4.82. The summed E-state index contributed by atoms with van der Waals surface area (Å²) in [6.45, 7) is 2.18. The van der Waals surface area contributed by atoms with Gasteiger partial charge in [0.1, 0.15) is 17.5 Å². The maximum atomic E-state index is 15.9. The third-order valence-corrected chi connectivity index (χ3v) is 6.68. The Labute approximate surface area is 221 Å². The van der Waals surface area contributed by atoms with E-state index in [2.05, 4.69) is 15.3 Å². The van der Waals surface area contributed by atoms with Gasteiger partial charge >= 0.3 is 0 Å². The Kier molecular flexibility index (Phi) is 6.94. The molecule has 0 saturated carbocycles. The van der Waals surface area contributed by atoms with Crippen LogP contribution in [0.25, 0.3) is 33.5 Å². The maximum Gasteiger partial charge on any atom is 0.256 e. The zero-order valence-electron chi connectivity index (χ0n) is 21.2. The number of carbonyl (C=O) groups is 2. The summed E-state index contributed by atoms with van der Waals surface area (Å²) in [6, 6.07) is 10.3. The molecule has 0 bridgehead atoms. The first-order valence-electron chi connectivity index (χ1n) is 12.4. The predicted molar refractivity (Wildman–Crippen MR) is 139 cm³/mol. The monoisotopic (exact) mass is 536 g/mol. The molecule has 3 heterocycles. The SMILES string of the molecule is CCCC(=O)Nc1nc(F)c(F)c(-c2[nH]c3c(c2-c2ccc(F)cc2)C(=O)N(C)CC3)c1-c1ccc(F)cc1. The van der Waals surface area contributed by atoms with Crippen molar-refractivity contribution in [3.8, 4) is 33.5 Å². The van der Waals surface area contributed by atoms with Crippen LogP contribution in [0.15, 0.2) is 48.5 Å². The Balaban J connectivity index is 1.87. The number of likely N-dealkylation sites (N-methyl/N-ethyl adjacent to an activating group) is 1. The molecule has 0 radical (unpaired) electrons. The highest BCUT2D eigenvalue weighted by Gasteiger charge is 2.34. The lowest BCUT2D eigenvalue weighted by Crippen LogP contribution is -2.34. The Bertz CT molecular complexity index is 1580. The molecule has 1 aliphatic rings. The van der Waals surface area contributed by atoms with Gasteiger partial charge in [0.25, 0.3) is 11.9 Å². The highest BCUT2D eigenvalue weighted by molar-refractivity contribution is 6.08. The number of fused-ring (bicyclic) bond motifs is 1. The molecule has 2 N–H and O–H groups in total. The van der Waals surface area contributed by atoms with E-state index in [9.17, 15) is 18.4 Å². The molecule has 0 unspecified atom stereocenters. The van der Waals surface area contributed by atoms with Gasteiger partial charge in [0.2, 0.25) is 5.91 Å². The van der Waals surface area contributed by atoms with Gasteiger partial charge in [-0.15, -0.1) is 0 Å². The molecule has 1 aliphatic heterocycles. The molecule has 0 saturated heterocycles. The number of carbonyl (C=O) groups excluding carboxylic acids is 2. The van der Waals surface area contributed by atoms with Gasteiger partial charge in [-0.25, -0.2) is 13.2 Å². The largest absolute Gasteiger partial charge is 0.357 e. The lowest BCUT2D eigenvalue weighted by Gasteiger charge is -2.23. The topological polar surface area (TPSA) is 78.1 Å². The van der Waals surface area contributed by atoms with Crippen molar-refractivity contribution in [2.24, 2.45) is 0 Å². The van der Waals surface area contributed by atoms with E-state index in [-0.39, 0.29) is 51.7 Å². The second kappa shape index (κ2) is 10.4. The molecule has 4 aromatic rings. The Morgan fingerprint density at radius 1 is 0.923 bits per heavy atom. The minimum atomic E-state index is -1.47. The van der Waals surface area contributed by atoms with Gasteiger partial charge in [-0.2, -0.15) is 9.37 Å². The molecule has 200 valence electrons. The molecule has 2 amide bonds. The highest BCUT2D eigenvalue weighted by atomic mass is 19.2. The minimum Gasteiger partial charge on any atom is -0.357 e. The van der Waals surface area contributed by atoms with Crippen LogP contribution in [-0.4, -0.2) is 40.3 Å². The molecule has 0 spiro atoms. The van der Waals surface area contributed by atoms with Crippen LogP contribution in [0.3, 0.4) is 0 Å². The summed E-state index contributed by atoms with van der Waals surface area (Å²) in [6.07, 6.45) is 1.02. The number of pyridine rings is 1. The molecule has 0 atom stereocenters. The summed E-state index contributed by atoms with van der Waals surface area (Å²) in [5.74, 6) is -4.92. The van der Waals surface area contributed by atoms with Crippen LogP contribution in [0.2, 0.25) is 0 Å². The third kappa shape index (κ3) is 4.78. The molecule has 6 nitrogen and oxygen atoms in total. The molecule has 5 rings (SSSR count). The number of benzene rings is 2. The van der Waals surface area contributed by atoms with E-state index in [1.54, 1.807) is 14.0 Å². The number of amides is 2. The van der Waals surface area contributed by atoms with Gasteiger partial charge in [0.15, 0.2) is 5.82 Å². The Morgan fingerprint density at radius 2 is 1.51 bits per heavy atom. The number of nitrogens with one attached hydrogen (secondary N) is 2. The summed E-state index contributed by atoms with van der Waals surface area (Å²) in [5.41, 5.74) is 1.41. The van der Waals surface area contributed by atoms with Crippen molar-refractivity contribution in [1.82, 2.24) is 14.9 Å².